The Labute approximate surface area is 68.3 Å². The monoisotopic (exact) mass is 179 g/mol. The van der Waals surface area contributed by atoms with E-state index >= 15 is 0 Å². The number of carbonyl (C=O) groups excluding carboxylic acids is 1. The average molecular weight is 179 g/mol. The van der Waals surface area contributed by atoms with Crippen LogP contribution in [0, 0.1) is 0 Å². The molecule has 70 valence electrons. The van der Waals surface area contributed by atoms with Gasteiger partial charge in [-0.3, -0.25) is 4.79 Å². The Hall–Kier alpha value is -1.17. The maximum Gasteiger partial charge on any atom is 0.340 e. The number of hydrogen-bond acceptors (Lipinski definition) is 4. The fraction of sp³-hybridized carbons (Fsp3) is 0.667. The predicted octanol–water partition coefficient (Wildman–Crippen LogP) is -0.701. The summed E-state index contributed by atoms with van der Waals surface area (Å²) < 4.78 is 16.6. The maximum absolute atomic E-state index is 12.6. The minimum atomic E-state index is -1.97. The topological polar surface area (TPSA) is 89.6 Å². The number of rotatable bonds is 4. The van der Waals surface area contributed by atoms with Crippen molar-refractivity contribution in [2.45, 2.75) is 18.6 Å². The van der Waals surface area contributed by atoms with Gasteiger partial charge in [0.2, 0.25) is 0 Å². The van der Waals surface area contributed by atoms with Gasteiger partial charge in [0, 0.05) is 6.42 Å². The molecule has 6 heteroatoms. The molecule has 0 saturated heterocycles. The van der Waals surface area contributed by atoms with Crippen molar-refractivity contribution in [2.24, 2.45) is 5.73 Å². The first-order chi connectivity index (χ1) is 5.49. The molecular weight excluding hydrogens is 169 g/mol. The van der Waals surface area contributed by atoms with Gasteiger partial charge < -0.3 is 15.6 Å². The number of hydrogen-bond donors (Lipinski definition) is 2. The second kappa shape index (κ2) is 4.66. The van der Waals surface area contributed by atoms with E-state index < -0.39 is 30.6 Å². The standard InChI is InChI=1S/C6H10FNO4/c1-12-6(11)3(7)2-4(8)5(9)10/h3-4H,2,8H2,1H3,(H,9,10). The molecule has 2 unspecified atom stereocenters. The Balaban J connectivity index is 3.91. The Morgan fingerprint density at radius 3 is 2.50 bits per heavy atom. The van der Waals surface area contributed by atoms with Gasteiger partial charge in [0.1, 0.15) is 6.04 Å². The van der Waals surface area contributed by atoms with Crippen molar-refractivity contribution in [3.05, 3.63) is 0 Å². The van der Waals surface area contributed by atoms with E-state index in [1.807, 2.05) is 0 Å². The highest BCUT2D eigenvalue weighted by Gasteiger charge is 2.24. The second-order valence-corrected chi connectivity index (χ2v) is 2.17. The number of methoxy groups -OCH3 is 1. The van der Waals surface area contributed by atoms with Gasteiger partial charge in [0.25, 0.3) is 0 Å². The summed E-state index contributed by atoms with van der Waals surface area (Å²) >= 11 is 0. The number of alkyl halides is 1. The minimum Gasteiger partial charge on any atom is -0.480 e. The van der Waals surface area contributed by atoms with E-state index in [1.165, 1.54) is 0 Å². The van der Waals surface area contributed by atoms with E-state index in [1.54, 1.807) is 0 Å². The SMILES string of the molecule is COC(=O)C(F)CC(N)C(=O)O. The van der Waals surface area contributed by atoms with Crippen LogP contribution in [0.3, 0.4) is 0 Å². The molecule has 12 heavy (non-hydrogen) atoms. The molecule has 0 aromatic heterocycles. The van der Waals surface area contributed by atoms with Crippen LogP contribution >= 0.6 is 0 Å². The summed E-state index contributed by atoms with van der Waals surface area (Å²) in [5.41, 5.74) is 4.96. The largest absolute Gasteiger partial charge is 0.480 e. The van der Waals surface area contributed by atoms with Crippen molar-refractivity contribution in [3.63, 3.8) is 0 Å². The second-order valence-electron chi connectivity index (χ2n) is 2.17. The molecule has 0 aromatic rings. The lowest BCUT2D eigenvalue weighted by Crippen LogP contribution is -2.35. The molecule has 0 bridgehead atoms. The van der Waals surface area contributed by atoms with Crippen LogP contribution in [0.25, 0.3) is 0 Å². The maximum atomic E-state index is 12.6. The highest BCUT2D eigenvalue weighted by Crippen LogP contribution is 2.02. The zero-order valence-electron chi connectivity index (χ0n) is 6.49. The molecular formula is C6H10FNO4. The lowest BCUT2D eigenvalue weighted by molar-refractivity contribution is -0.147. The zero-order chi connectivity index (χ0) is 9.72. The van der Waals surface area contributed by atoms with Gasteiger partial charge in [-0.15, -0.1) is 0 Å². The molecule has 0 rings (SSSR count). The summed E-state index contributed by atoms with van der Waals surface area (Å²) in [7, 11) is 1.02. The average Bonchev–Trinajstić information content (AvgIpc) is 2.02. The van der Waals surface area contributed by atoms with Crippen LogP contribution in [-0.4, -0.2) is 36.4 Å². The molecule has 0 spiro atoms. The van der Waals surface area contributed by atoms with E-state index in [9.17, 15) is 14.0 Å². The number of ether oxygens (including phenoxy) is 1. The van der Waals surface area contributed by atoms with E-state index in [4.69, 9.17) is 10.8 Å². The van der Waals surface area contributed by atoms with Crippen LogP contribution in [0.5, 0.6) is 0 Å². The highest BCUT2D eigenvalue weighted by atomic mass is 19.1. The molecule has 0 heterocycles. The normalized spacial score (nSPS) is 14.9. The molecule has 0 radical (unpaired) electrons. The molecule has 0 aromatic carbocycles. The molecule has 0 saturated carbocycles. The first-order valence-electron chi connectivity index (χ1n) is 3.19. The van der Waals surface area contributed by atoms with Crippen LogP contribution in [0.4, 0.5) is 4.39 Å². The Morgan fingerprint density at radius 2 is 2.17 bits per heavy atom. The molecule has 5 nitrogen and oxygen atoms in total. The van der Waals surface area contributed by atoms with Gasteiger partial charge in [-0.1, -0.05) is 0 Å². The van der Waals surface area contributed by atoms with E-state index in [2.05, 4.69) is 4.74 Å². The summed E-state index contributed by atoms with van der Waals surface area (Å²) in [6.07, 6.45) is -2.54. The molecule has 0 fully saturated rings. The van der Waals surface area contributed by atoms with Crippen LogP contribution in [-0.2, 0) is 14.3 Å². The van der Waals surface area contributed by atoms with E-state index in [0.717, 1.165) is 7.11 Å². The van der Waals surface area contributed by atoms with Crippen molar-refractivity contribution < 1.29 is 23.8 Å². The van der Waals surface area contributed by atoms with Gasteiger partial charge in [-0.05, 0) is 0 Å². The van der Waals surface area contributed by atoms with Crippen molar-refractivity contribution in [3.8, 4) is 0 Å². The van der Waals surface area contributed by atoms with E-state index in [0.29, 0.717) is 0 Å². The predicted molar refractivity (Wildman–Crippen MR) is 37.1 cm³/mol. The number of esters is 1. The fourth-order valence-electron chi connectivity index (χ4n) is 0.548. The van der Waals surface area contributed by atoms with Crippen LogP contribution in [0.15, 0.2) is 0 Å². The van der Waals surface area contributed by atoms with Gasteiger partial charge in [-0.25, -0.2) is 9.18 Å². The number of carboxylic acids is 1. The van der Waals surface area contributed by atoms with Crippen molar-refractivity contribution in [2.75, 3.05) is 7.11 Å². The third-order valence-corrected chi connectivity index (χ3v) is 1.24. The molecule has 0 amide bonds. The molecule has 0 aliphatic heterocycles. The quantitative estimate of drug-likeness (QED) is 0.557. The van der Waals surface area contributed by atoms with Crippen LogP contribution in [0.1, 0.15) is 6.42 Å². The smallest absolute Gasteiger partial charge is 0.340 e. The summed E-state index contributed by atoms with van der Waals surface area (Å²) in [6.45, 7) is 0. The third kappa shape index (κ3) is 3.29. The number of aliphatic carboxylic acids is 1. The lowest BCUT2D eigenvalue weighted by Gasteiger charge is -2.08. The van der Waals surface area contributed by atoms with Crippen molar-refractivity contribution >= 4 is 11.9 Å². The number of carbonyl (C=O) groups is 2. The summed E-state index contributed by atoms with van der Waals surface area (Å²) in [5.74, 6) is -2.45. The Morgan fingerprint density at radius 1 is 1.67 bits per heavy atom. The molecule has 0 aliphatic carbocycles. The summed E-state index contributed by atoms with van der Waals surface area (Å²) in [5, 5.41) is 8.24. The Kier molecular flexibility index (Phi) is 4.20. The van der Waals surface area contributed by atoms with E-state index in [-0.39, 0.29) is 0 Å². The fourth-order valence-corrected chi connectivity index (χ4v) is 0.548. The Bertz CT molecular complexity index is 184. The van der Waals surface area contributed by atoms with Crippen molar-refractivity contribution in [1.82, 2.24) is 0 Å². The van der Waals surface area contributed by atoms with Crippen LogP contribution in [0.2, 0.25) is 0 Å². The number of carboxylic acid groups (broad SMARTS) is 1. The zero-order valence-corrected chi connectivity index (χ0v) is 6.49. The van der Waals surface area contributed by atoms with Gasteiger partial charge >= 0.3 is 11.9 Å². The number of halogens is 1. The first kappa shape index (κ1) is 10.8. The minimum absolute atomic E-state index is 0.567. The molecule has 2 atom stereocenters. The summed E-state index contributed by atoms with van der Waals surface area (Å²) in [6, 6.07) is -1.38. The molecule has 0 aliphatic rings. The van der Waals surface area contributed by atoms with Gasteiger partial charge in [0.15, 0.2) is 6.17 Å². The molecule has 3 N–H and O–H groups in total. The lowest BCUT2D eigenvalue weighted by atomic mass is 10.1. The number of nitrogens with two attached hydrogens (primary N) is 1. The first-order valence-corrected chi connectivity index (χ1v) is 3.19. The highest BCUT2D eigenvalue weighted by molar-refractivity contribution is 5.77. The van der Waals surface area contributed by atoms with Crippen molar-refractivity contribution in [1.29, 1.82) is 0 Å². The summed E-state index contributed by atoms with van der Waals surface area (Å²) in [4.78, 5) is 20.5. The van der Waals surface area contributed by atoms with Gasteiger partial charge in [-0.2, -0.15) is 0 Å². The third-order valence-electron chi connectivity index (χ3n) is 1.24. The van der Waals surface area contributed by atoms with Gasteiger partial charge in [0.05, 0.1) is 7.11 Å². The van der Waals surface area contributed by atoms with Crippen LogP contribution < -0.4 is 5.73 Å².